The first-order chi connectivity index (χ1) is 8.58. The quantitative estimate of drug-likeness (QED) is 0.888. The average molecular weight is 326 g/mol. The van der Waals surface area contributed by atoms with Gasteiger partial charge in [-0.15, -0.1) is 11.3 Å². The first kappa shape index (κ1) is 13.1. The lowest BCUT2D eigenvalue weighted by molar-refractivity contribution is 0.0701. The maximum atomic E-state index is 11.0. The first-order valence-corrected chi connectivity index (χ1v) is 7.05. The molecule has 0 radical (unpaired) electrons. The molecule has 2 rings (SSSR count). The van der Waals surface area contributed by atoms with Gasteiger partial charge in [-0.05, 0) is 47.7 Å². The Morgan fingerprint density at radius 2 is 2.22 bits per heavy atom. The van der Waals surface area contributed by atoms with Crippen molar-refractivity contribution in [1.29, 1.82) is 0 Å². The van der Waals surface area contributed by atoms with Gasteiger partial charge in [-0.2, -0.15) is 0 Å². The van der Waals surface area contributed by atoms with E-state index < -0.39 is 5.97 Å². The van der Waals surface area contributed by atoms with E-state index in [0.29, 0.717) is 11.4 Å². The van der Waals surface area contributed by atoms with E-state index in [1.54, 1.807) is 5.38 Å². The van der Waals surface area contributed by atoms with E-state index in [-0.39, 0.29) is 0 Å². The molecule has 0 fully saturated rings. The highest BCUT2D eigenvalue weighted by Gasteiger charge is 2.11. The molecule has 0 bridgehead atoms. The average Bonchev–Trinajstić information content (AvgIpc) is 2.79. The molecule has 1 aromatic heterocycles. The van der Waals surface area contributed by atoms with Crippen LogP contribution >= 0.6 is 27.3 Å². The molecule has 2 aromatic rings. The Morgan fingerprint density at radius 3 is 2.89 bits per heavy atom. The van der Waals surface area contributed by atoms with Gasteiger partial charge in [0, 0.05) is 16.7 Å². The summed E-state index contributed by atoms with van der Waals surface area (Å²) in [5.74, 6) is -0.867. The molecule has 18 heavy (non-hydrogen) atoms. The number of rotatable bonds is 4. The molecule has 94 valence electrons. The number of thiophene rings is 1. The summed E-state index contributed by atoms with van der Waals surface area (Å²) in [5.41, 5.74) is 2.94. The minimum Gasteiger partial charge on any atom is -0.477 e. The van der Waals surface area contributed by atoms with Crippen molar-refractivity contribution in [2.75, 3.05) is 5.32 Å². The largest absolute Gasteiger partial charge is 0.477 e. The van der Waals surface area contributed by atoms with Crippen molar-refractivity contribution in [3.05, 3.63) is 50.1 Å². The smallest absolute Gasteiger partial charge is 0.346 e. The van der Waals surface area contributed by atoms with Gasteiger partial charge in [-0.25, -0.2) is 4.79 Å². The van der Waals surface area contributed by atoms with Crippen molar-refractivity contribution < 1.29 is 9.90 Å². The topological polar surface area (TPSA) is 49.3 Å². The zero-order valence-corrected chi connectivity index (χ0v) is 12.1. The number of hydrogen-bond donors (Lipinski definition) is 2. The van der Waals surface area contributed by atoms with Crippen molar-refractivity contribution >= 4 is 38.9 Å². The summed E-state index contributed by atoms with van der Waals surface area (Å²) in [6.07, 6.45) is 0. The molecule has 1 aromatic carbocycles. The molecule has 0 aliphatic carbocycles. The summed E-state index contributed by atoms with van der Waals surface area (Å²) in [4.78, 5) is 11.4. The number of anilines is 1. The van der Waals surface area contributed by atoms with Crippen LogP contribution in [0.2, 0.25) is 0 Å². The van der Waals surface area contributed by atoms with Crippen LogP contribution in [0.15, 0.2) is 34.1 Å². The summed E-state index contributed by atoms with van der Waals surface area (Å²) >= 11 is 4.70. The summed E-state index contributed by atoms with van der Waals surface area (Å²) < 4.78 is 1.06. The first-order valence-electron chi connectivity index (χ1n) is 5.37. The molecular formula is C13H12BrNO2S. The van der Waals surface area contributed by atoms with E-state index in [1.165, 1.54) is 11.3 Å². The van der Waals surface area contributed by atoms with Crippen molar-refractivity contribution in [3.8, 4) is 0 Å². The maximum absolute atomic E-state index is 11.0. The van der Waals surface area contributed by atoms with Crippen molar-refractivity contribution in [1.82, 2.24) is 0 Å². The van der Waals surface area contributed by atoms with E-state index in [4.69, 9.17) is 5.11 Å². The molecule has 5 heteroatoms. The number of nitrogens with one attached hydrogen (secondary N) is 1. The lowest BCUT2D eigenvalue weighted by Gasteiger charge is -2.08. The molecule has 0 saturated heterocycles. The molecule has 1 heterocycles. The summed E-state index contributed by atoms with van der Waals surface area (Å²) in [6, 6.07) is 7.80. The van der Waals surface area contributed by atoms with E-state index >= 15 is 0 Å². The van der Waals surface area contributed by atoms with Crippen LogP contribution in [0.1, 0.15) is 20.8 Å². The molecule has 0 aliphatic heterocycles. The van der Waals surface area contributed by atoms with Gasteiger partial charge in [-0.1, -0.05) is 15.9 Å². The zero-order chi connectivity index (χ0) is 13.1. The van der Waals surface area contributed by atoms with Gasteiger partial charge in [0.25, 0.3) is 0 Å². The highest BCUT2D eigenvalue weighted by molar-refractivity contribution is 9.10. The van der Waals surface area contributed by atoms with Crippen molar-refractivity contribution in [3.63, 3.8) is 0 Å². The second kappa shape index (κ2) is 5.54. The molecule has 0 aliphatic rings. The van der Waals surface area contributed by atoms with Crippen LogP contribution < -0.4 is 5.32 Å². The fraction of sp³-hybridized carbons (Fsp3) is 0.154. The number of hydrogen-bond acceptors (Lipinski definition) is 3. The van der Waals surface area contributed by atoms with Crippen molar-refractivity contribution in [2.24, 2.45) is 0 Å². The molecule has 0 atom stereocenters. The van der Waals surface area contributed by atoms with Gasteiger partial charge in [0.1, 0.15) is 4.88 Å². The Hall–Kier alpha value is -1.33. The fourth-order valence-corrected chi connectivity index (χ4v) is 2.62. The van der Waals surface area contributed by atoms with Gasteiger partial charge in [0.2, 0.25) is 0 Å². The highest BCUT2D eigenvalue weighted by Crippen LogP contribution is 2.22. The lowest BCUT2D eigenvalue weighted by Crippen LogP contribution is -2.04. The molecule has 3 nitrogen and oxygen atoms in total. The second-order valence-electron chi connectivity index (χ2n) is 3.90. The number of aryl methyl sites for hydroxylation is 1. The van der Waals surface area contributed by atoms with Crippen LogP contribution in [0.5, 0.6) is 0 Å². The normalized spacial score (nSPS) is 10.3. The van der Waals surface area contributed by atoms with E-state index in [2.05, 4.69) is 21.2 Å². The highest BCUT2D eigenvalue weighted by atomic mass is 79.9. The fourth-order valence-electron chi connectivity index (χ4n) is 1.61. The van der Waals surface area contributed by atoms with Crippen LogP contribution in [0, 0.1) is 6.92 Å². The molecule has 0 amide bonds. The van der Waals surface area contributed by atoms with Gasteiger partial charge in [0.15, 0.2) is 0 Å². The third-order valence-corrected chi connectivity index (χ3v) is 4.42. The van der Waals surface area contributed by atoms with Gasteiger partial charge < -0.3 is 10.4 Å². The predicted molar refractivity (Wildman–Crippen MR) is 77.5 cm³/mol. The Bertz CT molecular complexity index is 580. The summed E-state index contributed by atoms with van der Waals surface area (Å²) in [6.45, 7) is 2.54. The minimum absolute atomic E-state index is 0.399. The SMILES string of the molecule is Cc1cc(NCc2ccsc2C(=O)O)ccc1Br. The molecule has 2 N–H and O–H groups in total. The van der Waals surface area contributed by atoms with Crippen LogP contribution in [-0.2, 0) is 6.54 Å². The van der Waals surface area contributed by atoms with E-state index in [0.717, 1.165) is 21.3 Å². The van der Waals surface area contributed by atoms with Gasteiger partial charge in [0.05, 0.1) is 0 Å². The predicted octanol–water partition coefficient (Wildman–Crippen LogP) is 4.13. The second-order valence-corrected chi connectivity index (χ2v) is 5.67. The Morgan fingerprint density at radius 1 is 1.44 bits per heavy atom. The Balaban J connectivity index is 2.09. The minimum atomic E-state index is -0.867. The number of benzene rings is 1. The molecule has 0 saturated carbocycles. The van der Waals surface area contributed by atoms with E-state index in [9.17, 15) is 4.79 Å². The molecular weight excluding hydrogens is 314 g/mol. The Kier molecular flexibility index (Phi) is 4.04. The number of aromatic carboxylic acids is 1. The Labute approximate surface area is 118 Å². The number of carboxylic acids is 1. The van der Waals surface area contributed by atoms with Crippen molar-refractivity contribution in [2.45, 2.75) is 13.5 Å². The number of carbonyl (C=O) groups is 1. The molecule has 0 unspecified atom stereocenters. The summed E-state index contributed by atoms with van der Waals surface area (Å²) in [5, 5.41) is 14.0. The van der Waals surface area contributed by atoms with Crippen LogP contribution in [0.4, 0.5) is 5.69 Å². The monoisotopic (exact) mass is 325 g/mol. The number of halogens is 1. The van der Waals surface area contributed by atoms with Crippen LogP contribution in [0.25, 0.3) is 0 Å². The third-order valence-electron chi connectivity index (χ3n) is 2.58. The standard InChI is InChI=1S/C13H12BrNO2S/c1-8-6-10(2-3-11(8)14)15-7-9-4-5-18-12(9)13(16)17/h2-6,15H,7H2,1H3,(H,16,17). The number of carboxylic acid groups (broad SMARTS) is 1. The van der Waals surface area contributed by atoms with Gasteiger partial charge >= 0.3 is 5.97 Å². The van der Waals surface area contributed by atoms with E-state index in [1.807, 2.05) is 31.2 Å². The summed E-state index contributed by atoms with van der Waals surface area (Å²) in [7, 11) is 0. The van der Waals surface area contributed by atoms with Crippen LogP contribution in [-0.4, -0.2) is 11.1 Å². The lowest BCUT2D eigenvalue weighted by atomic mass is 10.2. The van der Waals surface area contributed by atoms with Gasteiger partial charge in [-0.3, -0.25) is 0 Å². The molecule has 0 spiro atoms. The van der Waals surface area contributed by atoms with Crippen LogP contribution in [0.3, 0.4) is 0 Å². The zero-order valence-electron chi connectivity index (χ0n) is 9.74. The maximum Gasteiger partial charge on any atom is 0.346 e. The third kappa shape index (κ3) is 2.91.